The SMILES string of the molecule is c1ccc(-c2cc(-c3ccccc3)nc(-n3c4cccc5c4c4c6c(cc7ccccc7c6c6ccccc6c43)-c3ccccc3-5)n2)cc1. The Morgan fingerprint density at radius 2 is 0.939 bits per heavy atom. The fourth-order valence-electron chi connectivity index (χ4n) is 8.28. The summed E-state index contributed by atoms with van der Waals surface area (Å²) in [5, 5.41) is 10.0. The minimum Gasteiger partial charge on any atom is -0.277 e. The van der Waals surface area contributed by atoms with Crippen molar-refractivity contribution in [3.05, 3.63) is 164 Å². The zero-order valence-corrected chi connectivity index (χ0v) is 26.4. The number of fused-ring (bicyclic) bond motifs is 8. The first kappa shape index (κ1) is 26.5. The number of hydrogen-bond donors (Lipinski definition) is 0. The number of hydrogen-bond acceptors (Lipinski definition) is 2. The quantitative estimate of drug-likeness (QED) is 0.184. The summed E-state index contributed by atoms with van der Waals surface area (Å²) in [6.45, 7) is 0. The van der Waals surface area contributed by atoms with E-state index in [1.54, 1.807) is 0 Å². The van der Waals surface area contributed by atoms with Gasteiger partial charge in [0.1, 0.15) is 0 Å². The molecular weight excluding hydrogens is 595 g/mol. The standard InChI is InChI=1S/C46H27N3/c1-3-14-28(15-4-1)38-27-39(29-16-5-2-6-17-29)48-46(47-38)49-40-25-13-24-34-32-20-9-10-21-33(32)37-26-30-18-7-8-19-31(30)41-35-22-11-12-23-36(35)45(49)44(42(34)40)43(37)41/h1-27H. The van der Waals surface area contributed by atoms with E-state index in [0.29, 0.717) is 5.95 Å². The Morgan fingerprint density at radius 1 is 0.367 bits per heavy atom. The Bertz CT molecular complexity index is 2920. The zero-order valence-electron chi connectivity index (χ0n) is 26.4. The smallest absolute Gasteiger partial charge is 0.235 e. The fourth-order valence-corrected chi connectivity index (χ4v) is 8.28. The third kappa shape index (κ3) is 3.67. The van der Waals surface area contributed by atoms with Gasteiger partial charge in [0.25, 0.3) is 0 Å². The van der Waals surface area contributed by atoms with E-state index in [0.717, 1.165) is 33.5 Å². The normalized spacial score (nSPS) is 12.1. The summed E-state index contributed by atoms with van der Waals surface area (Å²) < 4.78 is 2.34. The van der Waals surface area contributed by atoms with E-state index in [-0.39, 0.29) is 0 Å². The molecule has 3 nitrogen and oxygen atoms in total. The van der Waals surface area contributed by atoms with Gasteiger partial charge in [0.05, 0.1) is 22.4 Å². The van der Waals surface area contributed by atoms with Gasteiger partial charge in [-0.15, -0.1) is 0 Å². The lowest BCUT2D eigenvalue weighted by atomic mass is 9.88. The van der Waals surface area contributed by atoms with Gasteiger partial charge < -0.3 is 0 Å². The summed E-state index contributed by atoms with van der Waals surface area (Å²) in [5.74, 6) is 0.665. The second kappa shape index (κ2) is 9.96. The molecule has 49 heavy (non-hydrogen) atoms. The maximum atomic E-state index is 5.37. The summed E-state index contributed by atoms with van der Waals surface area (Å²) >= 11 is 0. The third-order valence-electron chi connectivity index (χ3n) is 10.3. The molecule has 0 radical (unpaired) electrons. The summed E-state index contributed by atoms with van der Waals surface area (Å²) in [6, 6.07) is 58.7. The minimum absolute atomic E-state index is 0.665. The van der Waals surface area contributed by atoms with E-state index in [4.69, 9.17) is 9.97 Å². The molecule has 2 heterocycles. The molecule has 2 aromatic heterocycles. The Morgan fingerprint density at radius 3 is 1.65 bits per heavy atom. The molecular formula is C46H27N3. The lowest BCUT2D eigenvalue weighted by Gasteiger charge is -2.17. The van der Waals surface area contributed by atoms with Crippen LogP contribution in [0.3, 0.4) is 0 Å². The third-order valence-corrected chi connectivity index (χ3v) is 10.3. The van der Waals surface area contributed by atoms with Crippen LogP contribution in [-0.4, -0.2) is 14.5 Å². The van der Waals surface area contributed by atoms with Gasteiger partial charge in [-0.05, 0) is 62.0 Å². The highest BCUT2D eigenvalue weighted by molar-refractivity contribution is 6.41. The van der Waals surface area contributed by atoms with Crippen molar-refractivity contribution in [1.29, 1.82) is 0 Å². The van der Waals surface area contributed by atoms with Crippen molar-refractivity contribution in [1.82, 2.24) is 14.5 Å². The van der Waals surface area contributed by atoms with Gasteiger partial charge in [-0.1, -0.05) is 146 Å². The zero-order chi connectivity index (χ0) is 32.1. The monoisotopic (exact) mass is 621 g/mol. The van der Waals surface area contributed by atoms with Gasteiger partial charge in [0.2, 0.25) is 5.95 Å². The van der Waals surface area contributed by atoms with Crippen molar-refractivity contribution in [2.45, 2.75) is 0 Å². The molecule has 0 saturated carbocycles. The minimum atomic E-state index is 0.665. The number of aromatic nitrogens is 3. The van der Waals surface area contributed by atoms with Gasteiger partial charge in [0, 0.05) is 32.7 Å². The lowest BCUT2D eigenvalue weighted by molar-refractivity contribution is 0.998. The molecule has 0 spiro atoms. The van der Waals surface area contributed by atoms with Crippen molar-refractivity contribution in [3.63, 3.8) is 0 Å². The first-order valence-corrected chi connectivity index (χ1v) is 16.8. The van der Waals surface area contributed by atoms with Crippen LogP contribution < -0.4 is 0 Å². The number of rotatable bonds is 3. The molecule has 0 aliphatic heterocycles. The van der Waals surface area contributed by atoms with Crippen LogP contribution in [0.5, 0.6) is 0 Å². The van der Waals surface area contributed by atoms with E-state index in [2.05, 4.69) is 156 Å². The van der Waals surface area contributed by atoms with E-state index in [1.807, 2.05) is 12.1 Å². The summed E-state index contributed by atoms with van der Waals surface area (Å²) in [5.41, 5.74) is 11.1. The van der Waals surface area contributed by atoms with Crippen LogP contribution in [0.4, 0.5) is 0 Å². The van der Waals surface area contributed by atoms with E-state index in [9.17, 15) is 0 Å². The Kier molecular flexibility index (Phi) is 5.38. The molecule has 0 bridgehead atoms. The molecule has 0 saturated heterocycles. The van der Waals surface area contributed by atoms with E-state index < -0.39 is 0 Å². The van der Waals surface area contributed by atoms with Crippen LogP contribution in [0.1, 0.15) is 0 Å². The van der Waals surface area contributed by atoms with Crippen LogP contribution in [0.15, 0.2) is 164 Å². The van der Waals surface area contributed by atoms with Gasteiger partial charge >= 0.3 is 0 Å². The summed E-state index contributed by atoms with van der Waals surface area (Å²) in [6.07, 6.45) is 0. The molecule has 8 aromatic carbocycles. The number of benzene rings is 8. The fraction of sp³-hybridized carbons (Fsp3) is 0. The van der Waals surface area contributed by atoms with Gasteiger partial charge in [-0.2, -0.15) is 0 Å². The van der Waals surface area contributed by atoms with Crippen LogP contribution in [-0.2, 0) is 0 Å². The van der Waals surface area contributed by atoms with Crippen molar-refractivity contribution in [3.8, 4) is 50.7 Å². The molecule has 226 valence electrons. The Balaban J connectivity index is 1.41. The predicted octanol–water partition coefficient (Wildman–Crippen LogP) is 12.0. The van der Waals surface area contributed by atoms with Crippen molar-refractivity contribution >= 4 is 54.1 Å². The molecule has 0 unspecified atom stereocenters. The highest BCUT2D eigenvalue weighted by Crippen LogP contribution is 2.53. The van der Waals surface area contributed by atoms with Crippen molar-refractivity contribution < 1.29 is 0 Å². The second-order valence-electron chi connectivity index (χ2n) is 12.9. The lowest BCUT2D eigenvalue weighted by Crippen LogP contribution is -2.04. The molecule has 3 heteroatoms. The van der Waals surface area contributed by atoms with Gasteiger partial charge in [-0.3, -0.25) is 4.57 Å². The van der Waals surface area contributed by atoms with Crippen LogP contribution >= 0.6 is 0 Å². The molecule has 0 fully saturated rings. The largest absolute Gasteiger partial charge is 0.277 e. The topological polar surface area (TPSA) is 30.7 Å². The highest BCUT2D eigenvalue weighted by Gasteiger charge is 2.28. The average Bonchev–Trinajstić information content (AvgIpc) is 3.48. The molecule has 0 atom stereocenters. The van der Waals surface area contributed by atoms with E-state index in [1.165, 1.54) is 65.3 Å². The Labute approximate surface area is 282 Å². The molecule has 1 aliphatic rings. The first-order valence-electron chi connectivity index (χ1n) is 16.8. The molecule has 0 amide bonds. The van der Waals surface area contributed by atoms with Crippen molar-refractivity contribution in [2.24, 2.45) is 0 Å². The molecule has 10 aromatic rings. The summed E-state index contributed by atoms with van der Waals surface area (Å²) in [4.78, 5) is 10.7. The second-order valence-corrected chi connectivity index (χ2v) is 12.9. The predicted molar refractivity (Wildman–Crippen MR) is 204 cm³/mol. The van der Waals surface area contributed by atoms with E-state index >= 15 is 0 Å². The van der Waals surface area contributed by atoms with Crippen LogP contribution in [0.25, 0.3) is 105 Å². The Hall–Kier alpha value is -6.58. The summed E-state index contributed by atoms with van der Waals surface area (Å²) in [7, 11) is 0. The molecule has 1 aliphatic carbocycles. The molecule has 0 N–H and O–H groups in total. The highest BCUT2D eigenvalue weighted by atomic mass is 15.2. The average molecular weight is 622 g/mol. The van der Waals surface area contributed by atoms with Crippen LogP contribution in [0.2, 0.25) is 0 Å². The maximum Gasteiger partial charge on any atom is 0.235 e. The van der Waals surface area contributed by atoms with Crippen molar-refractivity contribution in [2.75, 3.05) is 0 Å². The number of nitrogens with zero attached hydrogens (tertiary/aromatic N) is 3. The molecule has 11 rings (SSSR count). The van der Waals surface area contributed by atoms with Crippen LogP contribution in [0, 0.1) is 0 Å². The first-order chi connectivity index (χ1) is 24.3. The maximum absolute atomic E-state index is 5.37. The van der Waals surface area contributed by atoms with Gasteiger partial charge in [-0.25, -0.2) is 9.97 Å². The van der Waals surface area contributed by atoms with Gasteiger partial charge in [0.15, 0.2) is 0 Å².